The van der Waals surface area contributed by atoms with Gasteiger partial charge in [0, 0.05) is 35.5 Å². The number of anilines is 2. The molecule has 2 N–H and O–H groups in total. The van der Waals surface area contributed by atoms with Gasteiger partial charge in [-0.05, 0) is 55.3 Å². The molecule has 6 nitrogen and oxygen atoms in total. The molecule has 6 heteroatoms. The number of imidazole rings is 1. The number of rotatable bonds is 3. The number of hydrogen-bond donors (Lipinski definition) is 2. The van der Waals surface area contributed by atoms with Gasteiger partial charge in [0.05, 0.1) is 5.69 Å². The third kappa shape index (κ3) is 3.79. The van der Waals surface area contributed by atoms with Crippen molar-refractivity contribution in [1.29, 1.82) is 0 Å². The highest BCUT2D eigenvalue weighted by molar-refractivity contribution is 6.00. The quantitative estimate of drug-likeness (QED) is 0.560. The van der Waals surface area contributed by atoms with Crippen molar-refractivity contribution < 1.29 is 4.79 Å². The number of benzene rings is 2. The minimum Gasteiger partial charge on any atom is -0.308 e. The highest BCUT2D eigenvalue weighted by Crippen LogP contribution is 2.22. The lowest BCUT2D eigenvalue weighted by atomic mass is 10.1. The molecule has 27 heavy (non-hydrogen) atoms. The van der Waals surface area contributed by atoms with Crippen LogP contribution >= 0.6 is 0 Å². The number of aryl methyl sites for hydroxylation is 2. The minimum atomic E-state index is -0.284. The summed E-state index contributed by atoms with van der Waals surface area (Å²) in [5.74, 6) is 0.637. The smallest absolute Gasteiger partial charge is 0.308 e. The number of hydrogen-bond acceptors (Lipinski definition) is 3. The lowest BCUT2D eigenvalue weighted by molar-refractivity contribution is 0.262. The van der Waals surface area contributed by atoms with Gasteiger partial charge < -0.3 is 10.6 Å². The van der Waals surface area contributed by atoms with Gasteiger partial charge in [-0.25, -0.2) is 14.8 Å². The van der Waals surface area contributed by atoms with Crippen LogP contribution in [-0.4, -0.2) is 20.4 Å². The summed E-state index contributed by atoms with van der Waals surface area (Å²) in [7, 11) is 0. The molecule has 0 radical (unpaired) electrons. The van der Waals surface area contributed by atoms with E-state index < -0.39 is 0 Å². The lowest BCUT2D eigenvalue weighted by Gasteiger charge is -2.10. The van der Waals surface area contributed by atoms with Gasteiger partial charge in [0.2, 0.25) is 5.78 Å². The Morgan fingerprint density at radius 2 is 1.74 bits per heavy atom. The molecule has 0 unspecified atom stereocenters. The number of amides is 2. The number of nitrogens with one attached hydrogen (secondary N) is 2. The summed E-state index contributed by atoms with van der Waals surface area (Å²) in [4.78, 5) is 21.1. The zero-order valence-electron chi connectivity index (χ0n) is 15.1. The number of aromatic nitrogens is 3. The Kier molecular flexibility index (Phi) is 4.30. The van der Waals surface area contributed by atoms with E-state index in [0.29, 0.717) is 11.5 Å². The number of urea groups is 1. The van der Waals surface area contributed by atoms with Gasteiger partial charge in [-0.2, -0.15) is 0 Å². The van der Waals surface area contributed by atoms with E-state index in [0.717, 1.165) is 28.1 Å². The van der Waals surface area contributed by atoms with Gasteiger partial charge in [-0.15, -0.1) is 0 Å². The van der Waals surface area contributed by atoms with Crippen molar-refractivity contribution in [2.75, 3.05) is 10.6 Å². The van der Waals surface area contributed by atoms with Crippen LogP contribution in [0.4, 0.5) is 16.2 Å². The third-order valence-corrected chi connectivity index (χ3v) is 4.13. The van der Waals surface area contributed by atoms with Crippen molar-refractivity contribution in [1.82, 2.24) is 14.4 Å². The molecule has 0 atom stereocenters. The van der Waals surface area contributed by atoms with E-state index in [2.05, 4.69) is 26.7 Å². The van der Waals surface area contributed by atoms with Crippen LogP contribution < -0.4 is 10.6 Å². The predicted molar refractivity (Wildman–Crippen MR) is 107 cm³/mol. The summed E-state index contributed by atoms with van der Waals surface area (Å²) in [6, 6.07) is 15.1. The van der Waals surface area contributed by atoms with Gasteiger partial charge in [0.15, 0.2) is 0 Å². The molecule has 4 rings (SSSR count). The van der Waals surface area contributed by atoms with Crippen LogP contribution in [0, 0.1) is 13.8 Å². The number of carbonyl (C=O) groups is 1. The topological polar surface area (TPSA) is 71.3 Å². The maximum absolute atomic E-state index is 12.3. The third-order valence-electron chi connectivity index (χ3n) is 4.13. The Morgan fingerprint density at radius 1 is 0.963 bits per heavy atom. The molecule has 0 bridgehead atoms. The van der Waals surface area contributed by atoms with Crippen LogP contribution in [0.5, 0.6) is 0 Å². The molecule has 0 aliphatic carbocycles. The highest BCUT2D eigenvalue weighted by Gasteiger charge is 2.08. The average Bonchev–Trinajstić information content (AvgIpc) is 3.05. The zero-order chi connectivity index (χ0) is 18.8. The summed E-state index contributed by atoms with van der Waals surface area (Å²) in [5, 5.41) is 5.75. The first-order chi connectivity index (χ1) is 13.1. The number of fused-ring (bicyclic) bond motifs is 1. The molecule has 2 aromatic heterocycles. The summed E-state index contributed by atoms with van der Waals surface area (Å²) < 4.78 is 1.86. The van der Waals surface area contributed by atoms with Crippen LogP contribution in [0.1, 0.15) is 11.1 Å². The molecule has 4 aromatic rings. The molecule has 0 saturated carbocycles. The van der Waals surface area contributed by atoms with Gasteiger partial charge in [0.25, 0.3) is 0 Å². The molecule has 2 heterocycles. The predicted octanol–water partition coefficient (Wildman–Crippen LogP) is 4.66. The number of carbonyl (C=O) groups excluding carboxylic acids is 1. The molecular formula is C21H19N5O. The van der Waals surface area contributed by atoms with Crippen LogP contribution in [0.15, 0.2) is 67.1 Å². The van der Waals surface area contributed by atoms with E-state index in [4.69, 9.17) is 0 Å². The van der Waals surface area contributed by atoms with Gasteiger partial charge in [-0.3, -0.25) is 4.40 Å². The first-order valence-corrected chi connectivity index (χ1v) is 8.63. The zero-order valence-corrected chi connectivity index (χ0v) is 15.1. The fourth-order valence-electron chi connectivity index (χ4n) is 3.07. The Bertz CT molecular complexity index is 1080. The molecule has 2 aromatic carbocycles. The van der Waals surface area contributed by atoms with E-state index in [9.17, 15) is 4.79 Å². The first-order valence-electron chi connectivity index (χ1n) is 8.63. The summed E-state index contributed by atoms with van der Waals surface area (Å²) in [6.45, 7) is 4.01. The number of nitrogens with zero attached hydrogens (tertiary/aromatic N) is 3. The standard InChI is InChI=1S/C21H19N5O/c1-14-9-15(2)11-18(10-14)24-21(27)23-17-6-3-5-16(12-17)19-13-26-8-4-7-22-20(26)25-19/h3-13H,1-2H3,(H2,23,24,27). The van der Waals surface area contributed by atoms with Crippen LogP contribution in [0.2, 0.25) is 0 Å². The molecule has 0 fully saturated rings. The summed E-state index contributed by atoms with van der Waals surface area (Å²) in [6.07, 6.45) is 5.52. The maximum atomic E-state index is 12.3. The average molecular weight is 357 g/mol. The van der Waals surface area contributed by atoms with Crippen molar-refractivity contribution in [2.24, 2.45) is 0 Å². The second kappa shape index (κ2) is 6.92. The van der Waals surface area contributed by atoms with Gasteiger partial charge in [0.1, 0.15) is 0 Å². The van der Waals surface area contributed by atoms with E-state index in [1.54, 1.807) is 6.20 Å². The first kappa shape index (κ1) is 16.8. The van der Waals surface area contributed by atoms with Crippen molar-refractivity contribution in [3.8, 4) is 11.3 Å². The Hall–Kier alpha value is -3.67. The minimum absolute atomic E-state index is 0.284. The van der Waals surface area contributed by atoms with Crippen LogP contribution in [0.3, 0.4) is 0 Å². The van der Waals surface area contributed by atoms with Crippen LogP contribution in [0.25, 0.3) is 17.0 Å². The Labute approximate surface area is 156 Å². The lowest BCUT2D eigenvalue weighted by Crippen LogP contribution is -2.19. The van der Waals surface area contributed by atoms with Crippen molar-refractivity contribution in [3.05, 3.63) is 78.2 Å². The van der Waals surface area contributed by atoms with E-state index in [1.165, 1.54) is 0 Å². The molecule has 2 amide bonds. The summed E-state index contributed by atoms with van der Waals surface area (Å²) >= 11 is 0. The fraction of sp³-hybridized carbons (Fsp3) is 0.0952. The monoisotopic (exact) mass is 357 g/mol. The normalized spacial score (nSPS) is 10.7. The molecule has 0 saturated heterocycles. The van der Waals surface area contributed by atoms with E-state index in [-0.39, 0.29) is 6.03 Å². The molecule has 0 aliphatic heterocycles. The molecule has 0 spiro atoms. The molecular weight excluding hydrogens is 338 g/mol. The second-order valence-corrected chi connectivity index (χ2v) is 6.49. The molecule has 134 valence electrons. The van der Waals surface area contributed by atoms with Crippen molar-refractivity contribution >= 4 is 23.2 Å². The van der Waals surface area contributed by atoms with Crippen molar-refractivity contribution in [3.63, 3.8) is 0 Å². The van der Waals surface area contributed by atoms with Gasteiger partial charge >= 0.3 is 6.03 Å². The van der Waals surface area contributed by atoms with E-state index in [1.807, 2.05) is 73.1 Å². The van der Waals surface area contributed by atoms with Crippen molar-refractivity contribution in [2.45, 2.75) is 13.8 Å². The Balaban J connectivity index is 1.52. The second-order valence-electron chi connectivity index (χ2n) is 6.49. The SMILES string of the molecule is Cc1cc(C)cc(NC(=O)Nc2cccc(-c3cn4cccnc4n3)c2)c1. The fourth-order valence-corrected chi connectivity index (χ4v) is 3.07. The van der Waals surface area contributed by atoms with Gasteiger partial charge in [-0.1, -0.05) is 18.2 Å². The summed E-state index contributed by atoms with van der Waals surface area (Å²) in [5.41, 5.74) is 5.38. The highest BCUT2D eigenvalue weighted by atomic mass is 16.2. The largest absolute Gasteiger partial charge is 0.323 e. The maximum Gasteiger partial charge on any atom is 0.323 e. The van der Waals surface area contributed by atoms with Crippen LogP contribution in [-0.2, 0) is 0 Å². The molecule has 0 aliphatic rings. The van der Waals surface area contributed by atoms with E-state index >= 15 is 0 Å². The Morgan fingerprint density at radius 3 is 2.52 bits per heavy atom.